The maximum absolute atomic E-state index is 13.1. The summed E-state index contributed by atoms with van der Waals surface area (Å²) in [5.41, 5.74) is 3.79. The van der Waals surface area contributed by atoms with Gasteiger partial charge in [-0.2, -0.15) is 0 Å². The molecule has 0 spiro atoms. The normalized spacial score (nSPS) is 18.8. The van der Waals surface area contributed by atoms with Crippen molar-refractivity contribution in [3.63, 3.8) is 0 Å². The van der Waals surface area contributed by atoms with E-state index in [9.17, 15) is 9.59 Å². The van der Waals surface area contributed by atoms with Crippen LogP contribution in [0.1, 0.15) is 25.0 Å². The van der Waals surface area contributed by atoms with Crippen molar-refractivity contribution in [2.24, 2.45) is 0 Å². The van der Waals surface area contributed by atoms with Crippen LogP contribution in [0.15, 0.2) is 79.1 Å². The van der Waals surface area contributed by atoms with Gasteiger partial charge in [0, 0.05) is 61.6 Å². The molecule has 2 heterocycles. The zero-order valence-corrected chi connectivity index (χ0v) is 19.5. The van der Waals surface area contributed by atoms with Crippen molar-refractivity contribution in [2.45, 2.75) is 32.5 Å². The van der Waals surface area contributed by atoms with E-state index < -0.39 is 5.97 Å². The molecule has 1 aromatic heterocycles. The first-order chi connectivity index (χ1) is 16.4. The van der Waals surface area contributed by atoms with Crippen molar-refractivity contribution in [2.75, 3.05) is 18.4 Å². The summed E-state index contributed by atoms with van der Waals surface area (Å²) >= 11 is 0. The predicted molar refractivity (Wildman–Crippen MR) is 134 cm³/mol. The van der Waals surface area contributed by atoms with Crippen molar-refractivity contribution in [1.82, 2.24) is 14.4 Å². The fourth-order valence-corrected chi connectivity index (χ4v) is 4.56. The fraction of sp³-hybridized carbons (Fsp3) is 0.259. The van der Waals surface area contributed by atoms with Gasteiger partial charge in [0.2, 0.25) is 0 Å². The molecule has 1 fully saturated rings. The maximum atomic E-state index is 13.1. The highest BCUT2D eigenvalue weighted by atomic mass is 16.4. The van der Waals surface area contributed by atoms with Crippen molar-refractivity contribution >= 4 is 23.8 Å². The largest absolute Gasteiger partial charge is 0.478 e. The van der Waals surface area contributed by atoms with Crippen molar-refractivity contribution < 1.29 is 14.7 Å². The molecule has 1 saturated heterocycles. The van der Waals surface area contributed by atoms with Gasteiger partial charge < -0.3 is 19.9 Å². The van der Waals surface area contributed by atoms with Crippen LogP contribution in [0.3, 0.4) is 0 Å². The number of urea groups is 1. The highest BCUT2D eigenvalue weighted by Gasteiger charge is 2.32. The lowest BCUT2D eigenvalue weighted by molar-refractivity contribution is -0.131. The Morgan fingerprint density at radius 1 is 1.00 bits per heavy atom. The molecule has 0 aliphatic carbocycles. The summed E-state index contributed by atoms with van der Waals surface area (Å²) in [6.45, 7) is 6.51. The Labute approximate surface area is 199 Å². The molecule has 1 aliphatic rings. The molecule has 2 atom stereocenters. The molecule has 3 aromatic rings. The quantitative estimate of drug-likeness (QED) is 0.525. The standard InChI is InChI=1S/C27H30N4O3/c1-20-17-29(19-23-10-8-22(9-11-23)12-13-26(32)33)18-21(2)31(20)27(34)28-24-6-5-7-25(16-24)30-14-3-4-15-30/h3-16,20-21H,17-19H2,1-2H3,(H,28,34)(H,32,33)/b13-12+/t20-,21+. The van der Waals surface area contributed by atoms with Gasteiger partial charge in [0.15, 0.2) is 0 Å². The molecule has 2 aromatic carbocycles. The Bertz CT molecular complexity index is 1140. The first kappa shape index (κ1) is 23.3. The van der Waals surface area contributed by atoms with Crippen molar-refractivity contribution in [3.8, 4) is 5.69 Å². The highest BCUT2D eigenvalue weighted by Crippen LogP contribution is 2.21. The summed E-state index contributed by atoms with van der Waals surface area (Å²) in [4.78, 5) is 28.1. The van der Waals surface area contributed by atoms with Gasteiger partial charge in [-0.1, -0.05) is 30.3 Å². The summed E-state index contributed by atoms with van der Waals surface area (Å²) < 4.78 is 2.01. The van der Waals surface area contributed by atoms with Crippen LogP contribution < -0.4 is 5.32 Å². The van der Waals surface area contributed by atoms with E-state index in [2.05, 4.69) is 24.1 Å². The molecule has 4 rings (SSSR count). The summed E-state index contributed by atoms with van der Waals surface area (Å²) in [6.07, 6.45) is 6.68. The average molecular weight is 459 g/mol. The van der Waals surface area contributed by atoms with Crippen LogP contribution in [0.25, 0.3) is 11.8 Å². The van der Waals surface area contributed by atoms with Gasteiger partial charge in [-0.3, -0.25) is 4.90 Å². The fourth-order valence-electron chi connectivity index (χ4n) is 4.56. The lowest BCUT2D eigenvalue weighted by Gasteiger charge is -2.44. The van der Waals surface area contributed by atoms with Gasteiger partial charge in [-0.15, -0.1) is 0 Å². The van der Waals surface area contributed by atoms with Crippen LogP contribution in [0.5, 0.6) is 0 Å². The van der Waals surface area contributed by atoms with Crippen LogP contribution in [-0.4, -0.2) is 56.6 Å². The van der Waals surface area contributed by atoms with Crippen molar-refractivity contribution in [3.05, 3.63) is 90.3 Å². The van der Waals surface area contributed by atoms with E-state index in [0.717, 1.165) is 48.2 Å². The Morgan fingerprint density at radius 3 is 2.32 bits per heavy atom. The monoisotopic (exact) mass is 458 g/mol. The SMILES string of the molecule is C[C@@H]1CN(Cc2ccc(/C=C/C(=O)O)cc2)C[C@H](C)N1C(=O)Nc1cccc(-n2cccc2)c1. The first-order valence-corrected chi connectivity index (χ1v) is 11.4. The molecule has 7 nitrogen and oxygen atoms in total. The maximum Gasteiger partial charge on any atom is 0.328 e. The van der Waals surface area contributed by atoms with Crippen LogP contribution in [0, 0.1) is 0 Å². The van der Waals surface area contributed by atoms with E-state index in [4.69, 9.17) is 5.11 Å². The Hall–Kier alpha value is -3.84. The molecule has 0 unspecified atom stereocenters. The van der Waals surface area contributed by atoms with E-state index in [0.29, 0.717) is 0 Å². The van der Waals surface area contributed by atoms with E-state index in [-0.39, 0.29) is 18.1 Å². The molecule has 0 bridgehead atoms. The number of benzene rings is 2. The molecule has 2 N–H and O–H groups in total. The third-order valence-electron chi connectivity index (χ3n) is 6.03. The number of nitrogens with zero attached hydrogens (tertiary/aromatic N) is 3. The number of carbonyl (C=O) groups is 2. The van der Waals surface area contributed by atoms with Gasteiger partial charge in [0.25, 0.3) is 0 Å². The zero-order chi connectivity index (χ0) is 24.1. The Balaban J connectivity index is 1.36. The summed E-state index contributed by atoms with van der Waals surface area (Å²) in [5.74, 6) is -0.956. The van der Waals surface area contributed by atoms with E-state index in [1.165, 1.54) is 0 Å². The average Bonchev–Trinajstić information content (AvgIpc) is 3.33. The second-order valence-corrected chi connectivity index (χ2v) is 8.78. The molecule has 7 heteroatoms. The number of anilines is 1. The molecule has 1 aliphatic heterocycles. The Kier molecular flexibility index (Phi) is 7.13. The van der Waals surface area contributed by atoms with Gasteiger partial charge in [-0.25, -0.2) is 9.59 Å². The number of nitrogens with one attached hydrogen (secondary N) is 1. The number of carboxylic acid groups (broad SMARTS) is 1. The number of carbonyl (C=O) groups excluding carboxylic acids is 1. The number of hydrogen-bond donors (Lipinski definition) is 2. The number of aliphatic carboxylic acids is 1. The van der Waals surface area contributed by atoms with Crippen LogP contribution in [0.4, 0.5) is 10.5 Å². The van der Waals surface area contributed by atoms with Crippen molar-refractivity contribution in [1.29, 1.82) is 0 Å². The van der Waals surface area contributed by atoms with E-state index in [1.807, 2.05) is 82.5 Å². The molecule has 0 saturated carbocycles. The topological polar surface area (TPSA) is 77.8 Å². The van der Waals surface area contributed by atoms with Crippen LogP contribution in [0.2, 0.25) is 0 Å². The second kappa shape index (κ2) is 10.4. The molecule has 0 radical (unpaired) electrons. The lowest BCUT2D eigenvalue weighted by atomic mass is 10.1. The number of rotatable bonds is 6. The number of amides is 2. The predicted octanol–water partition coefficient (Wildman–Crippen LogP) is 4.70. The minimum atomic E-state index is -0.956. The van der Waals surface area contributed by atoms with Gasteiger partial charge in [-0.05, 0) is 61.4 Å². The summed E-state index contributed by atoms with van der Waals surface area (Å²) in [5, 5.41) is 11.8. The third kappa shape index (κ3) is 5.74. The summed E-state index contributed by atoms with van der Waals surface area (Å²) in [7, 11) is 0. The minimum Gasteiger partial charge on any atom is -0.478 e. The molecular formula is C27H30N4O3. The molecule has 34 heavy (non-hydrogen) atoms. The molecule has 2 amide bonds. The molecule has 176 valence electrons. The van der Waals surface area contributed by atoms with Crippen LogP contribution >= 0.6 is 0 Å². The smallest absolute Gasteiger partial charge is 0.328 e. The number of carboxylic acids is 1. The minimum absolute atomic E-state index is 0.0640. The lowest BCUT2D eigenvalue weighted by Crippen LogP contribution is -2.59. The third-order valence-corrected chi connectivity index (χ3v) is 6.03. The summed E-state index contributed by atoms with van der Waals surface area (Å²) in [6, 6.07) is 19.7. The van der Waals surface area contributed by atoms with Gasteiger partial charge in [0.05, 0.1) is 0 Å². The number of piperazine rings is 1. The first-order valence-electron chi connectivity index (χ1n) is 11.4. The second-order valence-electron chi connectivity index (χ2n) is 8.78. The highest BCUT2D eigenvalue weighted by molar-refractivity contribution is 5.90. The van der Waals surface area contributed by atoms with Crippen LogP contribution in [-0.2, 0) is 11.3 Å². The number of aromatic nitrogens is 1. The van der Waals surface area contributed by atoms with Gasteiger partial charge in [0.1, 0.15) is 0 Å². The number of hydrogen-bond acceptors (Lipinski definition) is 3. The molecular weight excluding hydrogens is 428 g/mol. The van der Waals surface area contributed by atoms with Gasteiger partial charge >= 0.3 is 12.0 Å². The van der Waals surface area contributed by atoms with E-state index in [1.54, 1.807) is 6.08 Å². The van der Waals surface area contributed by atoms with E-state index >= 15 is 0 Å². The Morgan fingerprint density at radius 2 is 1.68 bits per heavy atom. The zero-order valence-electron chi connectivity index (χ0n) is 19.5.